The number of anilines is 2. The van der Waals surface area contributed by atoms with E-state index in [-0.39, 0.29) is 47.7 Å². The molecule has 1 unspecified atom stereocenters. The molecule has 46 heavy (non-hydrogen) atoms. The smallest absolute Gasteiger partial charge is 0.418 e. The van der Waals surface area contributed by atoms with E-state index in [2.05, 4.69) is 25.1 Å². The van der Waals surface area contributed by atoms with Gasteiger partial charge in [0.1, 0.15) is 41.8 Å². The van der Waals surface area contributed by atoms with Crippen LogP contribution in [0.5, 0.6) is 11.9 Å². The van der Waals surface area contributed by atoms with E-state index in [1.54, 1.807) is 0 Å². The van der Waals surface area contributed by atoms with Crippen molar-refractivity contribution in [3.8, 4) is 23.1 Å². The quantitative estimate of drug-likeness (QED) is 0.260. The maximum Gasteiger partial charge on any atom is 0.418 e. The molecule has 1 aliphatic carbocycles. The van der Waals surface area contributed by atoms with Crippen molar-refractivity contribution < 1.29 is 31.4 Å². The van der Waals surface area contributed by atoms with E-state index in [4.69, 9.17) is 31.8 Å². The van der Waals surface area contributed by atoms with E-state index >= 15 is 4.39 Å². The first kappa shape index (κ1) is 30.1. The minimum atomic E-state index is -4.94. The van der Waals surface area contributed by atoms with Crippen molar-refractivity contribution in [2.75, 3.05) is 50.0 Å². The monoisotopic (exact) mass is 665 g/mol. The molecule has 0 radical (unpaired) electrons. The van der Waals surface area contributed by atoms with Crippen molar-refractivity contribution in [2.24, 2.45) is 0 Å². The lowest BCUT2D eigenvalue weighted by atomic mass is 9.75. The van der Waals surface area contributed by atoms with Crippen LogP contribution in [0.4, 0.5) is 33.5 Å². The molecule has 3 N–H and O–H groups in total. The van der Waals surface area contributed by atoms with Gasteiger partial charge in [-0.25, -0.2) is 13.8 Å². The average Bonchev–Trinajstić information content (AvgIpc) is 3.42. The molecular weight excluding hydrogens is 633 g/mol. The topological polar surface area (TPSA) is 102 Å². The van der Waals surface area contributed by atoms with E-state index in [1.807, 2.05) is 0 Å². The minimum Gasteiger partial charge on any atom is -0.475 e. The van der Waals surface area contributed by atoms with Crippen molar-refractivity contribution in [1.29, 1.82) is 0 Å². The van der Waals surface area contributed by atoms with Crippen molar-refractivity contribution in [2.45, 2.75) is 74.4 Å². The first-order valence-electron chi connectivity index (χ1n) is 15.7. The molecule has 5 aliphatic rings. The summed E-state index contributed by atoms with van der Waals surface area (Å²) in [5.74, 6) is -0.831. The number of alkyl halides is 4. The van der Waals surface area contributed by atoms with E-state index in [0.29, 0.717) is 25.3 Å². The van der Waals surface area contributed by atoms with Crippen LogP contribution in [-0.2, 0) is 6.18 Å². The first-order chi connectivity index (χ1) is 22.0. The Balaban J connectivity index is 1.32. The zero-order chi connectivity index (χ0) is 32.0. The molecule has 4 fully saturated rings. The summed E-state index contributed by atoms with van der Waals surface area (Å²) >= 11 is 6.04. The number of pyridine rings is 1. The van der Waals surface area contributed by atoms with Gasteiger partial charge in [-0.3, -0.25) is 4.90 Å². The van der Waals surface area contributed by atoms with E-state index in [1.165, 1.54) is 0 Å². The standard InChI is InChI=1S/C31H33ClF5N7O2/c32-20-10-17(38)9-19(22(20)31(35,36)37)24-23(34)25-21-26(42-28(41-25)46-15-30-6-2-8-43(30)12-16(33)11-30)44(13-18-3-7-39-18)29(4-1-5-29)14-45-27(21)40-24/h9-10,16,18,39H,1-8,11-15,38H2/t16-,18?,30+/m1/s1. The van der Waals surface area contributed by atoms with Gasteiger partial charge >= 0.3 is 12.2 Å². The molecular formula is C31H33ClF5N7O2. The summed E-state index contributed by atoms with van der Waals surface area (Å²) in [6.07, 6.45) is -0.504. The Hall–Kier alpha value is -3.23. The van der Waals surface area contributed by atoms with Crippen LogP contribution < -0.4 is 25.4 Å². The molecule has 0 amide bonds. The van der Waals surface area contributed by atoms with Crippen molar-refractivity contribution in [1.82, 2.24) is 25.2 Å². The molecule has 3 aromatic rings. The van der Waals surface area contributed by atoms with Crippen molar-refractivity contribution in [3.05, 3.63) is 28.5 Å². The minimum absolute atomic E-state index is 0.0772. The Morgan fingerprint density at radius 3 is 2.65 bits per heavy atom. The van der Waals surface area contributed by atoms with Gasteiger partial charge in [-0.15, -0.1) is 0 Å². The fourth-order valence-corrected chi connectivity index (χ4v) is 8.24. The van der Waals surface area contributed by atoms with Gasteiger partial charge in [0.25, 0.3) is 0 Å². The Kier molecular flexibility index (Phi) is 6.97. The van der Waals surface area contributed by atoms with Gasteiger partial charge < -0.3 is 25.4 Å². The maximum atomic E-state index is 16.8. The van der Waals surface area contributed by atoms with Gasteiger partial charge in [0.2, 0.25) is 5.88 Å². The number of nitrogens with zero attached hydrogens (tertiary/aromatic N) is 5. The Morgan fingerprint density at radius 2 is 1.96 bits per heavy atom. The molecule has 3 saturated heterocycles. The first-order valence-corrected chi connectivity index (χ1v) is 16.1. The van der Waals surface area contributed by atoms with Crippen LogP contribution >= 0.6 is 11.6 Å². The highest BCUT2D eigenvalue weighted by molar-refractivity contribution is 6.32. The van der Waals surface area contributed by atoms with E-state index < -0.39 is 51.1 Å². The number of halogens is 6. The van der Waals surface area contributed by atoms with Crippen LogP contribution in [-0.4, -0.2) is 82.5 Å². The third kappa shape index (κ3) is 4.73. The van der Waals surface area contributed by atoms with Gasteiger partial charge in [0.05, 0.1) is 21.7 Å². The van der Waals surface area contributed by atoms with E-state index in [0.717, 1.165) is 63.7 Å². The number of nitrogens with two attached hydrogens (primary N) is 1. The summed E-state index contributed by atoms with van der Waals surface area (Å²) in [5, 5.41) is 2.89. The number of aromatic nitrogens is 3. The summed E-state index contributed by atoms with van der Waals surface area (Å²) in [5.41, 5.74) is 1.99. The largest absolute Gasteiger partial charge is 0.475 e. The molecule has 9 nitrogen and oxygen atoms in total. The molecule has 15 heteroatoms. The molecule has 3 atom stereocenters. The Labute approximate surface area is 266 Å². The number of fused-ring (bicyclic) bond motifs is 1. The van der Waals surface area contributed by atoms with Crippen molar-refractivity contribution >= 4 is 34.0 Å². The highest BCUT2D eigenvalue weighted by atomic mass is 35.5. The lowest BCUT2D eigenvalue weighted by Crippen LogP contribution is -2.62. The predicted molar refractivity (Wildman–Crippen MR) is 162 cm³/mol. The molecule has 4 aliphatic heterocycles. The van der Waals surface area contributed by atoms with E-state index in [9.17, 15) is 17.6 Å². The van der Waals surface area contributed by atoms with Gasteiger partial charge in [0, 0.05) is 36.8 Å². The molecule has 0 bridgehead atoms. The van der Waals surface area contributed by atoms with Crippen LogP contribution in [0, 0.1) is 5.82 Å². The van der Waals surface area contributed by atoms with Crippen LogP contribution in [0.1, 0.15) is 50.5 Å². The number of nitrogen functional groups attached to an aromatic ring is 1. The zero-order valence-corrected chi connectivity index (χ0v) is 25.7. The Morgan fingerprint density at radius 1 is 1.15 bits per heavy atom. The molecule has 1 spiro atoms. The average molecular weight is 666 g/mol. The number of benzene rings is 1. The predicted octanol–water partition coefficient (Wildman–Crippen LogP) is 5.52. The molecule has 246 valence electrons. The molecule has 6 heterocycles. The zero-order valence-electron chi connectivity index (χ0n) is 24.9. The summed E-state index contributed by atoms with van der Waals surface area (Å²) in [6, 6.07) is 1.99. The second kappa shape index (κ2) is 10.6. The number of ether oxygens (including phenoxy) is 2. The summed E-state index contributed by atoms with van der Waals surface area (Å²) < 4.78 is 86.7. The van der Waals surface area contributed by atoms with Crippen molar-refractivity contribution in [3.63, 3.8) is 0 Å². The number of hydrogen-bond donors (Lipinski definition) is 2. The van der Waals surface area contributed by atoms with Crippen LogP contribution in [0.3, 0.4) is 0 Å². The second-order valence-corrected chi connectivity index (χ2v) is 13.7. The number of nitrogens with one attached hydrogen (secondary N) is 1. The normalized spacial score (nSPS) is 26.9. The lowest BCUT2D eigenvalue weighted by molar-refractivity contribution is -0.137. The van der Waals surface area contributed by atoms with Gasteiger partial charge in [-0.1, -0.05) is 11.6 Å². The maximum absolute atomic E-state index is 16.8. The highest BCUT2D eigenvalue weighted by Gasteiger charge is 2.51. The van der Waals surface area contributed by atoms with Gasteiger partial charge in [-0.05, 0) is 63.7 Å². The highest BCUT2D eigenvalue weighted by Crippen LogP contribution is 2.50. The molecule has 8 rings (SSSR count). The second-order valence-electron chi connectivity index (χ2n) is 13.3. The molecule has 2 aromatic heterocycles. The SMILES string of the molecule is Nc1cc(Cl)c(C(F)(F)F)c(-c2nc3c4c(nc(OC[C@@]56CCCN5C[C@H](F)C6)nc4c2F)N(CC2CCN2)C2(CCC2)CO3)c1. The fourth-order valence-electron chi connectivity index (χ4n) is 7.91. The molecule has 1 aromatic carbocycles. The van der Waals surface area contributed by atoms with Gasteiger partial charge in [0.15, 0.2) is 5.82 Å². The van der Waals surface area contributed by atoms with Crippen LogP contribution in [0.15, 0.2) is 12.1 Å². The Bertz CT molecular complexity index is 1720. The summed E-state index contributed by atoms with van der Waals surface area (Å²) in [4.78, 5) is 17.8. The van der Waals surface area contributed by atoms with Crippen LogP contribution in [0.25, 0.3) is 22.2 Å². The summed E-state index contributed by atoms with van der Waals surface area (Å²) in [6.45, 7) is 2.80. The lowest BCUT2D eigenvalue weighted by Gasteiger charge is -2.51. The van der Waals surface area contributed by atoms with Crippen LogP contribution in [0.2, 0.25) is 5.02 Å². The number of hydrogen-bond acceptors (Lipinski definition) is 9. The fraction of sp³-hybridized carbons (Fsp3) is 0.581. The third-order valence-electron chi connectivity index (χ3n) is 10.5. The summed E-state index contributed by atoms with van der Waals surface area (Å²) in [7, 11) is 0. The van der Waals surface area contributed by atoms with Gasteiger partial charge in [-0.2, -0.15) is 23.1 Å². The third-order valence-corrected chi connectivity index (χ3v) is 10.8. The molecule has 1 saturated carbocycles. The number of rotatable bonds is 6.